The Morgan fingerprint density at radius 1 is 1.00 bits per heavy atom. The van der Waals surface area contributed by atoms with Crippen molar-refractivity contribution in [3.05, 3.63) is 28.1 Å². The number of hydrogen-bond donors (Lipinski definition) is 0. The van der Waals surface area contributed by atoms with Crippen molar-refractivity contribution < 1.29 is 0 Å². The molecular formula is C17H25N. The van der Waals surface area contributed by atoms with Gasteiger partial charge in [-0.05, 0) is 54.2 Å². The first-order valence-electron chi connectivity index (χ1n) is 7.36. The fraction of sp³-hybridized carbons (Fsp3) is 0.706. The Kier molecular flexibility index (Phi) is 2.43. The van der Waals surface area contributed by atoms with Crippen molar-refractivity contribution >= 4 is 0 Å². The molecule has 1 heteroatoms. The molecule has 0 aliphatic heterocycles. The Balaban J connectivity index is 2.31. The molecule has 1 nitrogen and oxygen atoms in total. The van der Waals surface area contributed by atoms with Crippen molar-refractivity contribution in [2.75, 3.05) is 0 Å². The fourth-order valence-electron chi connectivity index (χ4n) is 3.89. The zero-order chi connectivity index (χ0) is 13.1. The van der Waals surface area contributed by atoms with Crippen LogP contribution in [0.5, 0.6) is 0 Å². The van der Waals surface area contributed by atoms with Crippen LogP contribution in [0.15, 0.2) is 0 Å². The molecule has 3 rings (SSSR count). The first-order valence-corrected chi connectivity index (χ1v) is 7.36. The topological polar surface area (TPSA) is 12.9 Å². The van der Waals surface area contributed by atoms with Crippen LogP contribution >= 0.6 is 0 Å². The molecule has 0 aromatic carbocycles. The normalized spacial score (nSPS) is 20.9. The minimum Gasteiger partial charge on any atom is -0.257 e. The van der Waals surface area contributed by atoms with Gasteiger partial charge in [-0.3, -0.25) is 4.98 Å². The van der Waals surface area contributed by atoms with Crippen LogP contribution in [0.3, 0.4) is 0 Å². The van der Waals surface area contributed by atoms with Gasteiger partial charge in [-0.1, -0.05) is 34.6 Å². The van der Waals surface area contributed by atoms with Crippen molar-refractivity contribution in [1.29, 1.82) is 0 Å². The average molecular weight is 243 g/mol. The van der Waals surface area contributed by atoms with Gasteiger partial charge in [0.25, 0.3) is 0 Å². The van der Waals surface area contributed by atoms with Crippen LogP contribution in [0, 0.1) is 0 Å². The van der Waals surface area contributed by atoms with E-state index in [4.69, 9.17) is 4.98 Å². The zero-order valence-electron chi connectivity index (χ0n) is 12.5. The lowest BCUT2D eigenvalue weighted by Gasteiger charge is -2.27. The molecule has 1 aromatic rings. The molecule has 0 spiro atoms. The number of rotatable bonds is 0. The number of fused-ring (bicyclic) bond motifs is 2. The van der Waals surface area contributed by atoms with Crippen molar-refractivity contribution in [3.63, 3.8) is 0 Å². The molecule has 0 saturated carbocycles. The SMILES string of the molecule is CC(C)(C)c1c2c(nc3c1CCC3(C)C)CCC2. The van der Waals surface area contributed by atoms with Crippen molar-refractivity contribution in [3.8, 4) is 0 Å². The molecular weight excluding hydrogens is 218 g/mol. The fourth-order valence-corrected chi connectivity index (χ4v) is 3.89. The summed E-state index contributed by atoms with van der Waals surface area (Å²) in [7, 11) is 0. The Hall–Kier alpha value is -0.850. The van der Waals surface area contributed by atoms with E-state index in [1.165, 1.54) is 43.5 Å². The van der Waals surface area contributed by atoms with Gasteiger partial charge in [-0.15, -0.1) is 0 Å². The molecule has 0 radical (unpaired) electrons. The summed E-state index contributed by atoms with van der Waals surface area (Å²) in [5, 5.41) is 0. The molecule has 0 bridgehead atoms. The molecule has 0 N–H and O–H groups in total. The lowest BCUT2D eigenvalue weighted by Crippen LogP contribution is -2.21. The molecule has 0 unspecified atom stereocenters. The van der Waals surface area contributed by atoms with Gasteiger partial charge in [0, 0.05) is 16.8 Å². The molecule has 1 heterocycles. The lowest BCUT2D eigenvalue weighted by atomic mass is 9.79. The molecule has 98 valence electrons. The van der Waals surface area contributed by atoms with Gasteiger partial charge in [0.1, 0.15) is 0 Å². The third-order valence-corrected chi connectivity index (χ3v) is 4.72. The summed E-state index contributed by atoms with van der Waals surface area (Å²) >= 11 is 0. The Labute approximate surface area is 111 Å². The van der Waals surface area contributed by atoms with E-state index in [1.807, 2.05) is 0 Å². The van der Waals surface area contributed by atoms with Crippen LogP contribution in [0.4, 0.5) is 0 Å². The molecule has 0 atom stereocenters. The number of aromatic nitrogens is 1. The van der Waals surface area contributed by atoms with Crippen molar-refractivity contribution in [2.45, 2.75) is 77.6 Å². The molecule has 1 aromatic heterocycles. The Bertz CT molecular complexity index is 503. The van der Waals surface area contributed by atoms with Gasteiger partial charge >= 0.3 is 0 Å². The van der Waals surface area contributed by atoms with Gasteiger partial charge in [-0.2, -0.15) is 0 Å². The predicted molar refractivity (Wildman–Crippen MR) is 76.3 cm³/mol. The summed E-state index contributed by atoms with van der Waals surface area (Å²) in [5.74, 6) is 0. The maximum atomic E-state index is 5.06. The second kappa shape index (κ2) is 3.59. The Morgan fingerprint density at radius 2 is 1.72 bits per heavy atom. The molecule has 2 aliphatic carbocycles. The van der Waals surface area contributed by atoms with Crippen LogP contribution in [0.25, 0.3) is 0 Å². The highest BCUT2D eigenvalue weighted by Crippen LogP contribution is 2.45. The molecule has 18 heavy (non-hydrogen) atoms. The summed E-state index contributed by atoms with van der Waals surface area (Å²) in [4.78, 5) is 5.06. The minimum absolute atomic E-state index is 0.266. The number of nitrogens with zero attached hydrogens (tertiary/aromatic N) is 1. The lowest BCUT2D eigenvalue weighted by molar-refractivity contribution is 0.508. The van der Waals surface area contributed by atoms with Gasteiger partial charge in [0.2, 0.25) is 0 Å². The van der Waals surface area contributed by atoms with Crippen molar-refractivity contribution in [2.24, 2.45) is 0 Å². The third kappa shape index (κ3) is 1.63. The summed E-state index contributed by atoms with van der Waals surface area (Å²) in [6.45, 7) is 11.8. The molecule has 0 fully saturated rings. The number of pyridine rings is 1. The maximum Gasteiger partial charge on any atom is 0.0498 e. The van der Waals surface area contributed by atoms with E-state index in [0.29, 0.717) is 0 Å². The monoisotopic (exact) mass is 243 g/mol. The largest absolute Gasteiger partial charge is 0.257 e. The third-order valence-electron chi connectivity index (χ3n) is 4.72. The second-order valence-electron chi connectivity index (χ2n) is 7.73. The van der Waals surface area contributed by atoms with E-state index < -0.39 is 0 Å². The minimum atomic E-state index is 0.266. The van der Waals surface area contributed by atoms with Gasteiger partial charge < -0.3 is 0 Å². The number of aryl methyl sites for hydroxylation is 1. The van der Waals surface area contributed by atoms with E-state index >= 15 is 0 Å². The van der Waals surface area contributed by atoms with Gasteiger partial charge in [0.15, 0.2) is 0 Å². The highest BCUT2D eigenvalue weighted by atomic mass is 14.8. The number of hydrogen-bond acceptors (Lipinski definition) is 1. The smallest absolute Gasteiger partial charge is 0.0498 e. The summed E-state index contributed by atoms with van der Waals surface area (Å²) in [6.07, 6.45) is 6.25. The standard InChI is InChI=1S/C17H25N/c1-16(2,3)14-11-7-6-8-13(11)18-15-12(14)9-10-17(15,4)5/h6-10H2,1-5H3. The average Bonchev–Trinajstić information content (AvgIpc) is 2.79. The highest BCUT2D eigenvalue weighted by Gasteiger charge is 2.38. The van der Waals surface area contributed by atoms with Crippen LogP contribution < -0.4 is 0 Å². The van der Waals surface area contributed by atoms with Crippen LogP contribution in [-0.2, 0) is 30.1 Å². The first-order chi connectivity index (χ1) is 8.31. The predicted octanol–water partition coefficient (Wildman–Crippen LogP) is 4.09. The van der Waals surface area contributed by atoms with E-state index in [0.717, 1.165) is 0 Å². The molecule has 2 aliphatic rings. The summed E-state index contributed by atoms with van der Waals surface area (Å²) in [5.41, 5.74) is 8.20. The van der Waals surface area contributed by atoms with Crippen LogP contribution in [-0.4, -0.2) is 4.98 Å². The van der Waals surface area contributed by atoms with Crippen LogP contribution in [0.2, 0.25) is 0 Å². The molecule has 0 amide bonds. The zero-order valence-corrected chi connectivity index (χ0v) is 12.5. The van der Waals surface area contributed by atoms with Gasteiger partial charge in [0.05, 0.1) is 0 Å². The summed E-state index contributed by atoms with van der Waals surface area (Å²) < 4.78 is 0. The van der Waals surface area contributed by atoms with E-state index in [-0.39, 0.29) is 10.8 Å². The highest BCUT2D eigenvalue weighted by molar-refractivity contribution is 5.50. The van der Waals surface area contributed by atoms with E-state index in [1.54, 1.807) is 16.7 Å². The van der Waals surface area contributed by atoms with Gasteiger partial charge in [-0.25, -0.2) is 0 Å². The van der Waals surface area contributed by atoms with E-state index in [9.17, 15) is 0 Å². The van der Waals surface area contributed by atoms with E-state index in [2.05, 4.69) is 34.6 Å². The first kappa shape index (κ1) is 12.2. The second-order valence-corrected chi connectivity index (χ2v) is 7.73. The quantitative estimate of drug-likeness (QED) is 0.668. The van der Waals surface area contributed by atoms with Crippen LogP contribution in [0.1, 0.15) is 75.5 Å². The van der Waals surface area contributed by atoms with Crippen molar-refractivity contribution in [1.82, 2.24) is 4.98 Å². The molecule has 0 saturated heterocycles. The Morgan fingerprint density at radius 3 is 2.39 bits per heavy atom. The summed E-state index contributed by atoms with van der Waals surface area (Å²) in [6, 6.07) is 0. The maximum absolute atomic E-state index is 5.06.